The maximum absolute atomic E-state index is 13.5. The summed E-state index contributed by atoms with van der Waals surface area (Å²) in [5.74, 6) is -0.151. The number of hydrogen-bond acceptors (Lipinski definition) is 3. The lowest BCUT2D eigenvalue weighted by Gasteiger charge is -2.31. The fourth-order valence-electron chi connectivity index (χ4n) is 6.87. The molecule has 7 nitrogen and oxygen atoms in total. The van der Waals surface area contributed by atoms with Crippen molar-refractivity contribution in [1.82, 2.24) is 24.6 Å². The van der Waals surface area contributed by atoms with Crippen LogP contribution in [0.4, 0.5) is 18.0 Å². The molecule has 3 aromatic carbocycles. The van der Waals surface area contributed by atoms with E-state index in [0.29, 0.717) is 36.7 Å². The van der Waals surface area contributed by atoms with Gasteiger partial charge in [0.25, 0.3) is 5.91 Å². The van der Waals surface area contributed by atoms with E-state index in [9.17, 15) is 22.8 Å². The molecule has 1 N–H and O–H groups in total. The molecule has 0 aliphatic carbocycles. The third kappa shape index (κ3) is 6.49. The van der Waals surface area contributed by atoms with Gasteiger partial charge in [-0.3, -0.25) is 9.69 Å². The standard InChI is InChI=1S/C36H40F3N5O2/c1-24(20-28-21-40-33-7-5-4-6-32(28)33)43-18-16-31(22-43)42(3)35(46)44-19-17-30(23-44)41(2)34(45)27-10-8-25(9-11-27)26-12-14-29(15-13-26)36(37,38)39/h4-15,21,24,30-31,40H,16-20,22-23H2,1-3H3. The summed E-state index contributed by atoms with van der Waals surface area (Å²) in [6, 6.07) is 20.6. The Morgan fingerprint density at radius 2 is 1.50 bits per heavy atom. The van der Waals surface area contributed by atoms with E-state index in [1.165, 1.54) is 23.1 Å². The number of rotatable bonds is 7. The highest BCUT2D eigenvalue weighted by Gasteiger charge is 2.37. The predicted octanol–water partition coefficient (Wildman–Crippen LogP) is 6.76. The molecule has 3 heterocycles. The topological polar surface area (TPSA) is 62.9 Å². The van der Waals surface area contributed by atoms with Crippen LogP contribution in [0, 0.1) is 0 Å². The second-order valence-corrected chi connectivity index (χ2v) is 12.7. The number of nitrogens with zero attached hydrogens (tertiary/aromatic N) is 4. The van der Waals surface area contributed by atoms with Gasteiger partial charge < -0.3 is 19.7 Å². The lowest BCUT2D eigenvalue weighted by atomic mass is 10.0. The first-order valence-electron chi connectivity index (χ1n) is 15.8. The normalized spacial score (nSPS) is 19.5. The van der Waals surface area contributed by atoms with E-state index in [4.69, 9.17) is 0 Å². The fraction of sp³-hybridized carbons (Fsp3) is 0.389. The molecule has 46 heavy (non-hydrogen) atoms. The third-order valence-electron chi connectivity index (χ3n) is 9.84. The number of hydrogen-bond donors (Lipinski definition) is 1. The Kier molecular flexibility index (Phi) is 8.83. The van der Waals surface area contributed by atoms with Crippen LogP contribution >= 0.6 is 0 Å². The van der Waals surface area contributed by atoms with Gasteiger partial charge in [0.15, 0.2) is 0 Å². The van der Waals surface area contributed by atoms with Crippen LogP contribution in [0.25, 0.3) is 22.0 Å². The Morgan fingerprint density at radius 1 is 0.870 bits per heavy atom. The number of aromatic amines is 1. The molecule has 4 aromatic rings. The molecule has 2 fully saturated rings. The number of aromatic nitrogens is 1. The minimum absolute atomic E-state index is 0.000347. The summed E-state index contributed by atoms with van der Waals surface area (Å²) in [4.78, 5) is 38.1. The SMILES string of the molecule is CC(Cc1c[nH]c2ccccc12)N1CCC(N(C)C(=O)N2CCC(N(C)C(=O)c3ccc(-c4ccc(C(F)(F)F)cc4)cc3)C2)C1. The molecule has 1 aromatic heterocycles. The van der Waals surface area contributed by atoms with Crippen LogP contribution in [0.5, 0.6) is 0 Å². The van der Waals surface area contributed by atoms with Crippen LogP contribution in [0.2, 0.25) is 0 Å². The summed E-state index contributed by atoms with van der Waals surface area (Å²) < 4.78 is 38.7. The molecular weight excluding hydrogens is 591 g/mol. The summed E-state index contributed by atoms with van der Waals surface area (Å²) in [6.07, 6.45) is 0.294. The predicted molar refractivity (Wildman–Crippen MR) is 174 cm³/mol. The first-order valence-corrected chi connectivity index (χ1v) is 15.8. The van der Waals surface area contributed by atoms with Gasteiger partial charge in [-0.05, 0) is 73.2 Å². The van der Waals surface area contributed by atoms with Crippen LogP contribution < -0.4 is 0 Å². The second-order valence-electron chi connectivity index (χ2n) is 12.7. The van der Waals surface area contributed by atoms with E-state index in [1.807, 2.05) is 22.9 Å². The number of amides is 3. The Labute approximate surface area is 267 Å². The molecule has 2 aliphatic rings. The van der Waals surface area contributed by atoms with Crippen molar-refractivity contribution in [3.63, 3.8) is 0 Å². The number of fused-ring (bicyclic) bond motifs is 1. The monoisotopic (exact) mass is 631 g/mol. The zero-order valence-electron chi connectivity index (χ0n) is 26.4. The van der Waals surface area contributed by atoms with Crippen LogP contribution in [0.1, 0.15) is 41.3 Å². The van der Waals surface area contributed by atoms with E-state index in [2.05, 4.69) is 41.2 Å². The minimum Gasteiger partial charge on any atom is -0.361 e. The highest BCUT2D eigenvalue weighted by molar-refractivity contribution is 5.95. The fourth-order valence-corrected chi connectivity index (χ4v) is 6.87. The zero-order chi connectivity index (χ0) is 32.6. The van der Waals surface area contributed by atoms with Crippen LogP contribution in [0.3, 0.4) is 0 Å². The number of nitrogens with one attached hydrogen (secondary N) is 1. The highest BCUT2D eigenvalue weighted by Crippen LogP contribution is 2.31. The Morgan fingerprint density at radius 3 is 2.20 bits per heavy atom. The number of halogens is 3. The van der Waals surface area contributed by atoms with Crippen molar-refractivity contribution in [3.8, 4) is 11.1 Å². The van der Waals surface area contributed by atoms with Gasteiger partial charge >= 0.3 is 12.2 Å². The molecule has 10 heteroatoms. The van der Waals surface area contributed by atoms with Gasteiger partial charge in [-0.25, -0.2) is 4.79 Å². The number of para-hydroxylation sites is 1. The lowest BCUT2D eigenvalue weighted by molar-refractivity contribution is -0.137. The van der Waals surface area contributed by atoms with Gasteiger partial charge in [-0.1, -0.05) is 42.5 Å². The molecule has 3 unspecified atom stereocenters. The molecule has 0 bridgehead atoms. The van der Waals surface area contributed by atoms with Crippen molar-refractivity contribution < 1.29 is 22.8 Å². The molecule has 2 aliphatic heterocycles. The first-order chi connectivity index (χ1) is 22.0. The number of likely N-dealkylation sites (tertiary alicyclic amines) is 2. The molecule has 0 radical (unpaired) electrons. The maximum atomic E-state index is 13.5. The summed E-state index contributed by atoms with van der Waals surface area (Å²) in [6.45, 7) is 5.10. The second kappa shape index (κ2) is 12.8. The average Bonchev–Trinajstić information content (AvgIpc) is 3.84. The molecule has 3 atom stereocenters. The number of urea groups is 1. The van der Waals surface area contributed by atoms with Crippen molar-refractivity contribution in [2.45, 2.75) is 50.5 Å². The van der Waals surface area contributed by atoms with Crippen LogP contribution in [0.15, 0.2) is 79.0 Å². The lowest BCUT2D eigenvalue weighted by Crippen LogP contribution is -2.48. The van der Waals surface area contributed by atoms with Gasteiger partial charge in [0.1, 0.15) is 0 Å². The van der Waals surface area contributed by atoms with E-state index in [0.717, 1.165) is 49.1 Å². The molecule has 0 saturated carbocycles. The van der Waals surface area contributed by atoms with Crippen molar-refractivity contribution in [1.29, 1.82) is 0 Å². The summed E-state index contributed by atoms with van der Waals surface area (Å²) in [7, 11) is 3.65. The molecule has 2 saturated heterocycles. The van der Waals surface area contributed by atoms with Crippen molar-refractivity contribution in [3.05, 3.63) is 95.7 Å². The van der Waals surface area contributed by atoms with Crippen LogP contribution in [-0.2, 0) is 12.6 Å². The van der Waals surface area contributed by atoms with Gasteiger partial charge in [0.2, 0.25) is 0 Å². The van der Waals surface area contributed by atoms with E-state index >= 15 is 0 Å². The van der Waals surface area contributed by atoms with Crippen molar-refractivity contribution in [2.75, 3.05) is 40.3 Å². The summed E-state index contributed by atoms with van der Waals surface area (Å²) >= 11 is 0. The maximum Gasteiger partial charge on any atom is 0.416 e. The molecule has 242 valence electrons. The van der Waals surface area contributed by atoms with Gasteiger partial charge in [0, 0.05) is 75.0 Å². The molecule has 3 amide bonds. The molecular formula is C36H40F3N5O2. The molecule has 0 spiro atoms. The van der Waals surface area contributed by atoms with Gasteiger partial charge in [0.05, 0.1) is 11.6 Å². The number of H-pyrrole nitrogens is 1. The van der Waals surface area contributed by atoms with Crippen molar-refractivity contribution in [2.24, 2.45) is 0 Å². The number of benzene rings is 3. The Balaban J connectivity index is 1.00. The highest BCUT2D eigenvalue weighted by atomic mass is 19.4. The minimum atomic E-state index is -4.38. The van der Waals surface area contributed by atoms with Crippen molar-refractivity contribution >= 4 is 22.8 Å². The molecule has 6 rings (SSSR count). The van der Waals surface area contributed by atoms with Crippen LogP contribution in [-0.4, -0.2) is 94.9 Å². The largest absolute Gasteiger partial charge is 0.416 e. The average molecular weight is 632 g/mol. The Bertz CT molecular complexity index is 1680. The zero-order valence-corrected chi connectivity index (χ0v) is 26.4. The quantitative estimate of drug-likeness (QED) is 0.245. The van der Waals surface area contributed by atoms with Gasteiger partial charge in [-0.2, -0.15) is 13.2 Å². The summed E-state index contributed by atoms with van der Waals surface area (Å²) in [5, 5.41) is 1.26. The number of carbonyl (C=O) groups is 2. The van der Waals surface area contributed by atoms with E-state index < -0.39 is 11.7 Å². The van der Waals surface area contributed by atoms with Gasteiger partial charge in [-0.15, -0.1) is 0 Å². The number of alkyl halides is 3. The van der Waals surface area contributed by atoms with E-state index in [1.54, 1.807) is 36.2 Å². The number of likely N-dealkylation sites (N-methyl/N-ethyl adjacent to an activating group) is 2. The first kappa shape index (κ1) is 31.7. The summed E-state index contributed by atoms with van der Waals surface area (Å²) in [5.41, 5.74) is 3.63. The Hall–Kier alpha value is -4.31. The number of carbonyl (C=O) groups excluding carboxylic acids is 2. The third-order valence-corrected chi connectivity index (χ3v) is 9.84. The smallest absolute Gasteiger partial charge is 0.361 e. The van der Waals surface area contributed by atoms with E-state index in [-0.39, 0.29) is 24.0 Å².